The van der Waals surface area contributed by atoms with Gasteiger partial charge in [-0.3, -0.25) is 4.79 Å². The Bertz CT molecular complexity index is 355. The molecule has 1 aromatic rings. The van der Waals surface area contributed by atoms with E-state index in [0.717, 1.165) is 18.4 Å². The van der Waals surface area contributed by atoms with E-state index in [1.54, 1.807) is 17.0 Å². The molecule has 0 atom stereocenters. The molecule has 0 unspecified atom stereocenters. The molecule has 0 aliphatic carbocycles. The predicted molar refractivity (Wildman–Crippen MR) is 68.7 cm³/mol. The summed E-state index contributed by atoms with van der Waals surface area (Å²) in [5.41, 5.74) is 1.03. The summed E-state index contributed by atoms with van der Waals surface area (Å²) in [5.74, 6) is 0.572. The van der Waals surface area contributed by atoms with E-state index < -0.39 is 0 Å². The van der Waals surface area contributed by atoms with E-state index >= 15 is 0 Å². The Labute approximate surface area is 103 Å². The third-order valence-corrected chi connectivity index (χ3v) is 3.07. The van der Waals surface area contributed by atoms with Crippen molar-refractivity contribution in [3.63, 3.8) is 0 Å². The first-order chi connectivity index (χ1) is 8.08. The molecular formula is C14H21NO2. The van der Waals surface area contributed by atoms with Gasteiger partial charge >= 0.3 is 0 Å². The zero-order valence-corrected chi connectivity index (χ0v) is 10.8. The van der Waals surface area contributed by atoms with Crippen LogP contribution in [0, 0.1) is 5.92 Å². The highest BCUT2D eigenvalue weighted by atomic mass is 16.3. The summed E-state index contributed by atoms with van der Waals surface area (Å²) in [7, 11) is 1.83. The Hall–Kier alpha value is -1.51. The molecule has 0 heterocycles. The molecule has 0 spiro atoms. The van der Waals surface area contributed by atoms with Crippen molar-refractivity contribution in [2.45, 2.75) is 33.2 Å². The van der Waals surface area contributed by atoms with Crippen molar-refractivity contribution in [1.29, 1.82) is 0 Å². The second-order valence-corrected chi connectivity index (χ2v) is 4.37. The van der Waals surface area contributed by atoms with Gasteiger partial charge in [0.2, 0.25) is 5.91 Å². The van der Waals surface area contributed by atoms with Gasteiger partial charge in [-0.25, -0.2) is 0 Å². The van der Waals surface area contributed by atoms with Gasteiger partial charge in [-0.05, 0) is 30.5 Å². The van der Waals surface area contributed by atoms with Crippen LogP contribution in [0.3, 0.4) is 0 Å². The van der Waals surface area contributed by atoms with Crippen LogP contribution in [-0.2, 0) is 11.3 Å². The standard InChI is InChI=1S/C14H21NO2/c1-4-12(5-2)14(17)15(3)10-11-6-8-13(16)9-7-11/h6-9,12,16H,4-5,10H2,1-3H3. The van der Waals surface area contributed by atoms with Crippen LogP contribution >= 0.6 is 0 Å². The number of benzene rings is 1. The Morgan fingerprint density at radius 1 is 1.24 bits per heavy atom. The first-order valence-electron chi connectivity index (χ1n) is 6.11. The summed E-state index contributed by atoms with van der Waals surface area (Å²) < 4.78 is 0. The minimum atomic E-state index is 0.122. The van der Waals surface area contributed by atoms with Gasteiger partial charge in [0.05, 0.1) is 0 Å². The van der Waals surface area contributed by atoms with E-state index in [1.807, 2.05) is 33.0 Å². The van der Waals surface area contributed by atoms with Crippen LogP contribution in [0.4, 0.5) is 0 Å². The number of aromatic hydroxyl groups is 1. The molecule has 3 nitrogen and oxygen atoms in total. The van der Waals surface area contributed by atoms with Crippen molar-refractivity contribution in [2.75, 3.05) is 7.05 Å². The summed E-state index contributed by atoms with van der Waals surface area (Å²) >= 11 is 0. The highest BCUT2D eigenvalue weighted by molar-refractivity contribution is 5.78. The summed E-state index contributed by atoms with van der Waals surface area (Å²) in [4.78, 5) is 13.8. The number of phenols is 1. The summed E-state index contributed by atoms with van der Waals surface area (Å²) in [5, 5.41) is 9.18. The van der Waals surface area contributed by atoms with E-state index in [1.165, 1.54) is 0 Å². The fraction of sp³-hybridized carbons (Fsp3) is 0.500. The molecule has 0 aromatic heterocycles. The first-order valence-corrected chi connectivity index (χ1v) is 6.11. The monoisotopic (exact) mass is 235 g/mol. The van der Waals surface area contributed by atoms with Crippen LogP contribution in [-0.4, -0.2) is 23.0 Å². The van der Waals surface area contributed by atoms with Crippen LogP contribution < -0.4 is 0 Å². The van der Waals surface area contributed by atoms with Gasteiger partial charge in [0.1, 0.15) is 5.75 Å². The summed E-state index contributed by atoms with van der Waals surface area (Å²) in [6.07, 6.45) is 1.77. The molecule has 3 heteroatoms. The number of amides is 1. The maximum absolute atomic E-state index is 12.1. The van der Waals surface area contributed by atoms with Gasteiger partial charge in [0.15, 0.2) is 0 Å². The molecule has 0 fully saturated rings. The lowest BCUT2D eigenvalue weighted by atomic mass is 10.0. The topological polar surface area (TPSA) is 40.5 Å². The molecule has 0 saturated carbocycles. The lowest BCUT2D eigenvalue weighted by molar-refractivity contribution is -0.134. The second-order valence-electron chi connectivity index (χ2n) is 4.37. The second kappa shape index (κ2) is 6.28. The van der Waals surface area contributed by atoms with E-state index in [0.29, 0.717) is 6.54 Å². The Morgan fingerprint density at radius 2 is 1.76 bits per heavy atom. The van der Waals surface area contributed by atoms with Crippen LogP contribution in [0.1, 0.15) is 32.3 Å². The fourth-order valence-corrected chi connectivity index (χ4v) is 1.90. The van der Waals surface area contributed by atoms with Crippen molar-refractivity contribution in [3.05, 3.63) is 29.8 Å². The van der Waals surface area contributed by atoms with Gasteiger partial charge < -0.3 is 10.0 Å². The molecule has 0 aliphatic rings. The summed E-state index contributed by atoms with van der Waals surface area (Å²) in [6.45, 7) is 4.68. The molecule has 0 saturated heterocycles. The minimum Gasteiger partial charge on any atom is -0.508 e. The first kappa shape index (κ1) is 13.6. The van der Waals surface area contributed by atoms with Gasteiger partial charge in [0.25, 0.3) is 0 Å². The number of hydrogen-bond donors (Lipinski definition) is 1. The lowest BCUT2D eigenvalue weighted by Gasteiger charge is -2.22. The maximum Gasteiger partial charge on any atom is 0.225 e. The Balaban J connectivity index is 2.62. The van der Waals surface area contributed by atoms with E-state index in [2.05, 4.69) is 0 Å². The smallest absolute Gasteiger partial charge is 0.225 e. The van der Waals surface area contributed by atoms with Gasteiger partial charge in [-0.15, -0.1) is 0 Å². The highest BCUT2D eigenvalue weighted by Crippen LogP contribution is 2.15. The number of carbonyl (C=O) groups is 1. The van der Waals surface area contributed by atoms with Gasteiger partial charge in [-0.1, -0.05) is 26.0 Å². The number of rotatable bonds is 5. The van der Waals surface area contributed by atoms with Crippen LogP contribution in [0.5, 0.6) is 5.75 Å². The molecule has 1 aromatic carbocycles. The maximum atomic E-state index is 12.1. The van der Waals surface area contributed by atoms with Crippen molar-refractivity contribution in [1.82, 2.24) is 4.90 Å². The number of nitrogens with zero attached hydrogens (tertiary/aromatic N) is 1. The zero-order valence-electron chi connectivity index (χ0n) is 10.8. The quantitative estimate of drug-likeness (QED) is 0.852. The number of carbonyl (C=O) groups excluding carboxylic acids is 1. The van der Waals surface area contributed by atoms with Crippen LogP contribution in [0.2, 0.25) is 0 Å². The Kier molecular flexibility index (Phi) is 5.01. The molecule has 1 amide bonds. The average molecular weight is 235 g/mol. The zero-order chi connectivity index (χ0) is 12.8. The van der Waals surface area contributed by atoms with Crippen LogP contribution in [0.15, 0.2) is 24.3 Å². The fourth-order valence-electron chi connectivity index (χ4n) is 1.90. The SMILES string of the molecule is CCC(CC)C(=O)N(C)Cc1ccc(O)cc1. The average Bonchev–Trinajstić information content (AvgIpc) is 2.33. The molecule has 0 aliphatic heterocycles. The van der Waals surface area contributed by atoms with E-state index in [-0.39, 0.29) is 17.6 Å². The molecule has 1 rings (SSSR count). The highest BCUT2D eigenvalue weighted by Gasteiger charge is 2.18. The van der Waals surface area contributed by atoms with E-state index in [9.17, 15) is 9.90 Å². The van der Waals surface area contributed by atoms with Crippen molar-refractivity contribution in [3.8, 4) is 5.75 Å². The normalized spacial score (nSPS) is 10.6. The largest absolute Gasteiger partial charge is 0.508 e. The number of hydrogen-bond acceptors (Lipinski definition) is 2. The molecule has 0 radical (unpaired) electrons. The van der Waals surface area contributed by atoms with Gasteiger partial charge in [0, 0.05) is 19.5 Å². The molecule has 94 valence electrons. The third-order valence-electron chi connectivity index (χ3n) is 3.07. The lowest BCUT2D eigenvalue weighted by Crippen LogP contribution is -2.32. The summed E-state index contributed by atoms with van der Waals surface area (Å²) in [6, 6.07) is 6.97. The van der Waals surface area contributed by atoms with Crippen molar-refractivity contribution < 1.29 is 9.90 Å². The van der Waals surface area contributed by atoms with Crippen molar-refractivity contribution in [2.24, 2.45) is 5.92 Å². The number of phenolic OH excluding ortho intramolecular Hbond substituents is 1. The molecule has 17 heavy (non-hydrogen) atoms. The van der Waals surface area contributed by atoms with Crippen molar-refractivity contribution >= 4 is 5.91 Å². The van der Waals surface area contributed by atoms with E-state index in [4.69, 9.17) is 0 Å². The molecule has 1 N–H and O–H groups in total. The third kappa shape index (κ3) is 3.77. The minimum absolute atomic E-state index is 0.122. The predicted octanol–water partition coefficient (Wildman–Crippen LogP) is 2.79. The molecular weight excluding hydrogens is 214 g/mol. The Morgan fingerprint density at radius 3 is 2.24 bits per heavy atom. The van der Waals surface area contributed by atoms with Crippen LogP contribution in [0.25, 0.3) is 0 Å². The molecule has 0 bridgehead atoms. The van der Waals surface area contributed by atoms with Gasteiger partial charge in [-0.2, -0.15) is 0 Å².